The van der Waals surface area contributed by atoms with Gasteiger partial charge in [-0.25, -0.2) is 0 Å². The van der Waals surface area contributed by atoms with Gasteiger partial charge in [0.15, 0.2) is 0 Å². The molecule has 0 aromatic carbocycles. The van der Waals surface area contributed by atoms with Crippen LogP contribution in [0.5, 0.6) is 0 Å². The first kappa shape index (κ1) is 24.7. The average Bonchev–Trinajstić information content (AvgIpc) is 2.39. The average molecular weight is 332 g/mol. The zero-order valence-electron chi connectivity index (χ0n) is 15.6. The second-order valence-corrected chi connectivity index (χ2v) is 6.82. The van der Waals surface area contributed by atoms with Crippen LogP contribution in [0.3, 0.4) is 0 Å². The molecule has 0 spiro atoms. The molecule has 0 saturated carbocycles. The van der Waals surface area contributed by atoms with Crippen LogP contribution >= 0.6 is 0 Å². The molecule has 0 aliphatic rings. The smallest absolute Gasteiger partial charge is 0.493 e. The van der Waals surface area contributed by atoms with Gasteiger partial charge < -0.3 is 24.9 Å². The van der Waals surface area contributed by atoms with Crippen LogP contribution in [0.1, 0.15) is 86.0 Å². The van der Waals surface area contributed by atoms with Crippen LogP contribution in [-0.2, 0) is 4.74 Å². The van der Waals surface area contributed by atoms with Crippen LogP contribution in [-0.4, -0.2) is 38.7 Å². The summed E-state index contributed by atoms with van der Waals surface area (Å²) in [6.45, 7) is 9.62. The molecule has 0 aliphatic carbocycles. The number of ether oxygens (including phenoxy) is 1. The van der Waals surface area contributed by atoms with Gasteiger partial charge in [0.25, 0.3) is 0 Å². The lowest BCUT2D eigenvalue weighted by molar-refractivity contribution is -0.114. The third-order valence-electron chi connectivity index (χ3n) is 3.91. The molecule has 138 valence electrons. The number of unbranched alkanes of at least 4 members (excludes halogenated alkanes) is 7. The van der Waals surface area contributed by atoms with Crippen molar-refractivity contribution >= 4 is 7.32 Å². The lowest BCUT2D eigenvalue weighted by Gasteiger charge is -2.36. The second kappa shape index (κ2) is 13.8. The van der Waals surface area contributed by atoms with Gasteiger partial charge in [0.05, 0.1) is 11.9 Å². The fourth-order valence-electron chi connectivity index (χ4n) is 1.65. The molecule has 0 amide bonds. The van der Waals surface area contributed by atoms with E-state index in [1.54, 1.807) is 20.1 Å². The van der Waals surface area contributed by atoms with E-state index in [2.05, 4.69) is 13.0 Å². The summed E-state index contributed by atoms with van der Waals surface area (Å²) in [6.07, 6.45) is 14.2. The Bertz CT molecular complexity index is 282. The highest BCUT2D eigenvalue weighted by Gasteiger charge is 2.36. The molecule has 23 heavy (non-hydrogen) atoms. The summed E-state index contributed by atoms with van der Waals surface area (Å²) in [7, 11) is -2.17. The molecule has 4 N–H and O–H groups in total. The highest BCUT2D eigenvalue weighted by Crippen LogP contribution is 2.25. The van der Waals surface area contributed by atoms with Crippen LogP contribution in [0.2, 0.25) is 0 Å². The Morgan fingerprint density at radius 3 is 1.74 bits per heavy atom. The zero-order valence-corrected chi connectivity index (χ0v) is 15.6. The predicted molar refractivity (Wildman–Crippen MR) is 95.6 cm³/mol. The van der Waals surface area contributed by atoms with E-state index in [4.69, 9.17) is 19.8 Å². The molecule has 0 saturated heterocycles. The van der Waals surface area contributed by atoms with Gasteiger partial charge >= 0.3 is 7.32 Å². The quantitative estimate of drug-likeness (QED) is 0.265. The van der Waals surface area contributed by atoms with E-state index >= 15 is 0 Å². The van der Waals surface area contributed by atoms with Crippen molar-refractivity contribution in [2.24, 2.45) is 0 Å². The largest absolute Gasteiger partial charge is 0.631 e. The molecule has 0 aliphatic heterocycles. The molecular weight excluding hydrogens is 295 g/mol. The van der Waals surface area contributed by atoms with E-state index in [9.17, 15) is 5.11 Å². The molecule has 0 rings (SSSR count). The number of hydrogen-bond donors (Lipinski definition) is 4. The topological polar surface area (TPSA) is 90.2 Å². The molecule has 0 unspecified atom stereocenters. The molecule has 0 aromatic heterocycles. The van der Waals surface area contributed by atoms with Crippen molar-refractivity contribution < 1.29 is 24.9 Å². The summed E-state index contributed by atoms with van der Waals surface area (Å²) in [5.74, 6) is 0. The molecule has 6 heteroatoms. The van der Waals surface area contributed by atoms with Crippen LogP contribution in [0.15, 0.2) is 12.3 Å². The van der Waals surface area contributed by atoms with Crippen molar-refractivity contribution in [2.75, 3.05) is 0 Å². The minimum atomic E-state index is -2.17. The second-order valence-electron chi connectivity index (χ2n) is 6.82. The Labute approximate surface area is 142 Å². The lowest BCUT2D eigenvalue weighted by Crippen LogP contribution is -2.46. The Morgan fingerprint density at radius 2 is 1.30 bits per heavy atom. The zero-order chi connectivity index (χ0) is 18.4. The minimum Gasteiger partial charge on any atom is -0.493 e. The van der Waals surface area contributed by atoms with Gasteiger partial charge in [-0.05, 0) is 46.6 Å². The molecule has 0 atom stereocenters. The van der Waals surface area contributed by atoms with Crippen molar-refractivity contribution in [1.82, 2.24) is 0 Å². The van der Waals surface area contributed by atoms with Crippen LogP contribution < -0.4 is 0 Å². The summed E-state index contributed by atoms with van der Waals surface area (Å²) >= 11 is 0. The van der Waals surface area contributed by atoms with E-state index in [-0.39, 0.29) is 0 Å². The molecule has 0 radical (unpaired) electrons. The van der Waals surface area contributed by atoms with Crippen molar-refractivity contribution in [2.45, 2.75) is 97.2 Å². The van der Waals surface area contributed by atoms with Gasteiger partial charge in [-0.15, -0.1) is 0 Å². The van der Waals surface area contributed by atoms with E-state index in [0.717, 1.165) is 6.42 Å². The van der Waals surface area contributed by atoms with Gasteiger partial charge in [0.1, 0.15) is 5.60 Å². The summed E-state index contributed by atoms with van der Waals surface area (Å²) in [5.41, 5.74) is -1.39. The number of hydrogen-bond acceptors (Lipinski definition) is 5. The summed E-state index contributed by atoms with van der Waals surface area (Å²) < 4.78 is 5.62. The van der Waals surface area contributed by atoms with E-state index < -0.39 is 18.5 Å². The van der Waals surface area contributed by atoms with E-state index in [1.807, 2.05) is 13.8 Å². The van der Waals surface area contributed by atoms with Crippen molar-refractivity contribution in [3.05, 3.63) is 12.3 Å². The van der Waals surface area contributed by atoms with Gasteiger partial charge in [0.2, 0.25) is 0 Å². The van der Waals surface area contributed by atoms with Crippen LogP contribution in [0.4, 0.5) is 0 Å². The molecule has 0 bridgehead atoms. The maximum atomic E-state index is 9.93. The summed E-state index contributed by atoms with van der Waals surface area (Å²) in [6, 6.07) is 0. The Hall–Kier alpha value is -0.555. The third kappa shape index (κ3) is 17.6. The maximum absolute atomic E-state index is 9.93. The van der Waals surface area contributed by atoms with E-state index in [0.29, 0.717) is 0 Å². The summed E-state index contributed by atoms with van der Waals surface area (Å²) in [5, 5.41) is 31.4. The first-order chi connectivity index (χ1) is 10.5. The van der Waals surface area contributed by atoms with Gasteiger partial charge in [0, 0.05) is 0 Å². The number of aliphatic hydroxyl groups is 1. The Balaban J connectivity index is 0. The molecule has 5 nitrogen and oxygen atoms in total. The van der Waals surface area contributed by atoms with Crippen LogP contribution in [0, 0.1) is 0 Å². The van der Waals surface area contributed by atoms with Crippen molar-refractivity contribution in [1.29, 1.82) is 0 Å². The highest BCUT2D eigenvalue weighted by atomic mass is 16.5. The SMILES string of the molecule is CCCCCCCCCC=COC(C)(C)C(C)(C)O.OB(O)O. The fraction of sp³-hybridized carbons (Fsp3) is 0.882. The standard InChI is InChI=1S/C17H34O2.BH3O3/c1-6-7-8-9-10-11-12-13-14-15-19-17(4,5)16(2,3)18;2-1(3)4/h14-15,18H,6-13H2,1-5H3;2-4H. The lowest BCUT2D eigenvalue weighted by atomic mass is 9.90. The van der Waals surface area contributed by atoms with Gasteiger partial charge in [-0.2, -0.15) is 0 Å². The molecule has 0 aromatic rings. The molecular formula is C17H37BO5. The maximum Gasteiger partial charge on any atom is 0.631 e. The molecule has 0 heterocycles. The Kier molecular flexibility index (Phi) is 14.9. The normalized spacial score (nSPS) is 12.0. The summed E-state index contributed by atoms with van der Waals surface area (Å²) in [4.78, 5) is 0. The van der Waals surface area contributed by atoms with Crippen molar-refractivity contribution in [3.63, 3.8) is 0 Å². The van der Waals surface area contributed by atoms with E-state index in [1.165, 1.54) is 44.9 Å². The number of rotatable bonds is 11. The first-order valence-electron chi connectivity index (χ1n) is 8.64. The van der Waals surface area contributed by atoms with Crippen LogP contribution in [0.25, 0.3) is 0 Å². The Morgan fingerprint density at radius 1 is 0.870 bits per heavy atom. The third-order valence-corrected chi connectivity index (χ3v) is 3.91. The number of allylic oxidation sites excluding steroid dienone is 1. The molecule has 0 fully saturated rings. The first-order valence-corrected chi connectivity index (χ1v) is 8.64. The van der Waals surface area contributed by atoms with Crippen molar-refractivity contribution in [3.8, 4) is 0 Å². The monoisotopic (exact) mass is 332 g/mol. The minimum absolute atomic E-state index is 0.552. The van der Waals surface area contributed by atoms with Gasteiger partial charge in [-0.1, -0.05) is 45.4 Å². The van der Waals surface area contributed by atoms with Gasteiger partial charge in [-0.3, -0.25) is 0 Å². The predicted octanol–water partition coefficient (Wildman–Crippen LogP) is 3.16. The fourth-order valence-corrected chi connectivity index (χ4v) is 1.65. The highest BCUT2D eigenvalue weighted by molar-refractivity contribution is 6.30.